The van der Waals surface area contributed by atoms with Crippen LogP contribution in [0.4, 0.5) is 5.82 Å². The molecule has 2 aliphatic heterocycles. The fourth-order valence-electron chi connectivity index (χ4n) is 6.07. The minimum absolute atomic E-state index is 0.212. The first-order valence-electron chi connectivity index (χ1n) is 16.2. The van der Waals surface area contributed by atoms with Gasteiger partial charge in [0.2, 0.25) is 11.8 Å². The third kappa shape index (κ3) is 6.81. The van der Waals surface area contributed by atoms with Crippen molar-refractivity contribution >= 4 is 29.2 Å². The Morgan fingerprint density at radius 3 is 2.43 bits per heavy atom. The van der Waals surface area contributed by atoms with Crippen molar-refractivity contribution in [2.45, 2.75) is 25.4 Å². The number of hydrogen-bond acceptors (Lipinski definition) is 9. The number of carbonyl (C=O) groups is 3. The van der Waals surface area contributed by atoms with Crippen molar-refractivity contribution in [2.75, 3.05) is 45.4 Å². The average Bonchev–Trinajstić information content (AvgIpc) is 3.69. The Bertz CT molecular complexity index is 2010. The first-order chi connectivity index (χ1) is 23.8. The van der Waals surface area contributed by atoms with Crippen LogP contribution in [0.1, 0.15) is 28.8 Å². The third-order valence-electron chi connectivity index (χ3n) is 8.64. The summed E-state index contributed by atoms with van der Waals surface area (Å²) >= 11 is 0. The van der Waals surface area contributed by atoms with Gasteiger partial charge < -0.3 is 28.4 Å². The Hall–Kier alpha value is -5.75. The van der Waals surface area contributed by atoms with Crippen LogP contribution >= 0.6 is 0 Å². The molecule has 0 bridgehead atoms. The number of ether oxygens (including phenoxy) is 3. The maximum Gasteiger partial charge on any atom is 0.255 e. The van der Waals surface area contributed by atoms with Crippen LogP contribution in [-0.2, 0) is 20.9 Å². The number of piperidine rings is 1. The number of imidazole rings is 1. The van der Waals surface area contributed by atoms with E-state index in [1.165, 1.54) is 4.90 Å². The minimum Gasteiger partial charge on any atom is -0.491 e. The lowest BCUT2D eigenvalue weighted by molar-refractivity contribution is -0.136. The molecule has 1 atom stereocenters. The predicted molar refractivity (Wildman–Crippen MR) is 182 cm³/mol. The molecule has 2 aliphatic rings. The van der Waals surface area contributed by atoms with Crippen LogP contribution in [0.3, 0.4) is 0 Å². The maximum atomic E-state index is 12.9. The van der Waals surface area contributed by atoms with E-state index < -0.39 is 11.9 Å². The smallest absolute Gasteiger partial charge is 0.255 e. The second-order valence-electron chi connectivity index (χ2n) is 12.1. The average molecular weight is 661 g/mol. The van der Waals surface area contributed by atoms with Gasteiger partial charge in [-0.3, -0.25) is 19.7 Å². The van der Waals surface area contributed by atoms with E-state index in [0.29, 0.717) is 56.5 Å². The van der Waals surface area contributed by atoms with E-state index in [0.717, 1.165) is 39.4 Å². The van der Waals surface area contributed by atoms with Gasteiger partial charge in [0.15, 0.2) is 11.4 Å². The molecule has 12 heteroatoms. The SMILES string of the molecule is CN(C)c1ccc(-c2ccc(-c3cn4cccc(OCCOCCOc5ccc6c(c5)CN(C5CCC(=O)NC5=O)C6=O)c4n3)cc2)cn1. The molecule has 1 N–H and O–H groups in total. The van der Waals surface area contributed by atoms with E-state index in [4.69, 9.17) is 19.2 Å². The van der Waals surface area contributed by atoms with Crippen LogP contribution in [0.15, 0.2) is 85.3 Å². The molecule has 5 aromatic rings. The van der Waals surface area contributed by atoms with E-state index in [-0.39, 0.29) is 18.2 Å². The highest BCUT2D eigenvalue weighted by molar-refractivity contribution is 6.05. The molecule has 12 nitrogen and oxygen atoms in total. The highest BCUT2D eigenvalue weighted by Crippen LogP contribution is 2.31. The van der Waals surface area contributed by atoms with E-state index >= 15 is 0 Å². The number of rotatable bonds is 12. The largest absolute Gasteiger partial charge is 0.491 e. The van der Waals surface area contributed by atoms with Gasteiger partial charge in [0.05, 0.1) is 18.9 Å². The van der Waals surface area contributed by atoms with Gasteiger partial charge in [0.25, 0.3) is 5.91 Å². The van der Waals surface area contributed by atoms with Gasteiger partial charge in [-0.2, -0.15) is 0 Å². The molecule has 0 aliphatic carbocycles. The van der Waals surface area contributed by atoms with Crippen LogP contribution < -0.4 is 19.7 Å². The normalized spacial score (nSPS) is 15.8. The molecule has 7 rings (SSSR count). The first kappa shape index (κ1) is 31.8. The number of nitrogens with zero attached hydrogens (tertiary/aromatic N) is 5. The Morgan fingerprint density at radius 1 is 0.898 bits per heavy atom. The summed E-state index contributed by atoms with van der Waals surface area (Å²) in [7, 11) is 3.94. The Labute approximate surface area is 283 Å². The summed E-state index contributed by atoms with van der Waals surface area (Å²) in [6, 6.07) is 20.8. The van der Waals surface area contributed by atoms with Crippen LogP contribution in [0.25, 0.3) is 28.0 Å². The van der Waals surface area contributed by atoms with Crippen molar-refractivity contribution in [3.63, 3.8) is 0 Å². The molecule has 0 radical (unpaired) electrons. The topological polar surface area (TPSA) is 128 Å². The van der Waals surface area contributed by atoms with Gasteiger partial charge in [0, 0.05) is 62.3 Å². The predicted octanol–water partition coefficient (Wildman–Crippen LogP) is 4.36. The number of fused-ring (bicyclic) bond motifs is 2. The number of nitrogens with one attached hydrogen (secondary N) is 1. The zero-order valence-electron chi connectivity index (χ0n) is 27.3. The summed E-state index contributed by atoms with van der Waals surface area (Å²) < 4.78 is 19.6. The number of carbonyl (C=O) groups excluding carboxylic acids is 3. The molecule has 49 heavy (non-hydrogen) atoms. The summed E-state index contributed by atoms with van der Waals surface area (Å²) in [4.78, 5) is 49.5. The standard InChI is InChI=1S/C37H36N6O6/c1-41(2)33-13-9-26(21-38-33)24-5-7-25(8-6-24)30-23-42-15-3-4-32(35(42)39-30)49-19-17-47-16-18-48-28-10-11-29-27(20-28)22-43(37(29)46)31-12-14-34(44)40-36(31)45/h3-11,13,15,20-21,23,31H,12,14,16-19,22H2,1-2H3,(H,40,44,45). The Morgan fingerprint density at radius 2 is 1.67 bits per heavy atom. The second-order valence-corrected chi connectivity index (χ2v) is 12.1. The van der Waals surface area contributed by atoms with Crippen molar-refractivity contribution in [1.82, 2.24) is 24.6 Å². The van der Waals surface area contributed by atoms with Gasteiger partial charge in [-0.1, -0.05) is 24.3 Å². The number of imide groups is 1. The minimum atomic E-state index is -0.645. The number of anilines is 1. The fourth-order valence-corrected chi connectivity index (χ4v) is 6.07. The molecular formula is C37H36N6O6. The van der Waals surface area contributed by atoms with Gasteiger partial charge in [-0.05, 0) is 60.0 Å². The van der Waals surface area contributed by atoms with Crippen LogP contribution in [0.2, 0.25) is 0 Å². The molecule has 5 heterocycles. The van der Waals surface area contributed by atoms with Crippen molar-refractivity contribution in [3.8, 4) is 33.9 Å². The van der Waals surface area contributed by atoms with E-state index in [1.54, 1.807) is 12.1 Å². The molecule has 2 aromatic carbocycles. The highest BCUT2D eigenvalue weighted by Gasteiger charge is 2.39. The summed E-state index contributed by atoms with van der Waals surface area (Å²) in [6.45, 7) is 1.68. The maximum absolute atomic E-state index is 12.9. The molecule has 0 saturated carbocycles. The zero-order chi connectivity index (χ0) is 33.9. The van der Waals surface area contributed by atoms with Gasteiger partial charge >= 0.3 is 0 Å². The van der Waals surface area contributed by atoms with Gasteiger partial charge in [-0.25, -0.2) is 9.97 Å². The molecule has 0 spiro atoms. The van der Waals surface area contributed by atoms with Gasteiger partial charge in [0.1, 0.15) is 30.8 Å². The number of pyridine rings is 2. The fraction of sp³-hybridized carbons (Fsp3) is 0.270. The lowest BCUT2D eigenvalue weighted by Crippen LogP contribution is -2.52. The van der Waals surface area contributed by atoms with Crippen molar-refractivity contribution < 1.29 is 28.6 Å². The van der Waals surface area contributed by atoms with E-state index in [9.17, 15) is 14.4 Å². The first-order valence-corrected chi connectivity index (χ1v) is 16.2. The van der Waals surface area contributed by atoms with Crippen molar-refractivity contribution in [3.05, 3.63) is 96.4 Å². The lowest BCUT2D eigenvalue weighted by atomic mass is 10.0. The summed E-state index contributed by atoms with van der Waals surface area (Å²) in [5.74, 6) is 1.25. The Balaban J connectivity index is 0.877. The number of aromatic nitrogens is 3. The molecule has 3 amide bonds. The highest BCUT2D eigenvalue weighted by atomic mass is 16.5. The van der Waals surface area contributed by atoms with Crippen molar-refractivity contribution in [2.24, 2.45) is 0 Å². The van der Waals surface area contributed by atoms with Crippen molar-refractivity contribution in [1.29, 1.82) is 0 Å². The zero-order valence-corrected chi connectivity index (χ0v) is 27.3. The van der Waals surface area contributed by atoms with E-state index in [2.05, 4.69) is 40.6 Å². The third-order valence-corrected chi connectivity index (χ3v) is 8.64. The lowest BCUT2D eigenvalue weighted by Gasteiger charge is -2.29. The molecule has 1 saturated heterocycles. The summed E-state index contributed by atoms with van der Waals surface area (Å²) in [6.07, 6.45) is 6.36. The number of amides is 3. The van der Waals surface area contributed by atoms with Crippen LogP contribution in [0, 0.1) is 0 Å². The molecular weight excluding hydrogens is 624 g/mol. The molecule has 1 fully saturated rings. The van der Waals surface area contributed by atoms with Gasteiger partial charge in [-0.15, -0.1) is 0 Å². The number of benzene rings is 2. The van der Waals surface area contributed by atoms with E-state index in [1.807, 2.05) is 66.3 Å². The Kier molecular flexibility index (Phi) is 8.95. The molecule has 250 valence electrons. The molecule has 1 unspecified atom stereocenters. The van der Waals surface area contributed by atoms with Crippen LogP contribution in [0.5, 0.6) is 11.5 Å². The molecule has 3 aromatic heterocycles. The van der Waals surface area contributed by atoms with Crippen LogP contribution in [-0.4, -0.2) is 83.6 Å². The second kappa shape index (κ2) is 13.8. The number of hydrogen-bond donors (Lipinski definition) is 1. The summed E-state index contributed by atoms with van der Waals surface area (Å²) in [5, 5.41) is 2.32. The quantitative estimate of drug-likeness (QED) is 0.153. The monoisotopic (exact) mass is 660 g/mol. The summed E-state index contributed by atoms with van der Waals surface area (Å²) in [5.41, 5.74) is 6.04.